The second-order valence-corrected chi connectivity index (χ2v) is 8.92. The summed E-state index contributed by atoms with van der Waals surface area (Å²) in [5.41, 5.74) is 0.202. The molecule has 1 aromatic heterocycles. The van der Waals surface area contributed by atoms with Crippen LogP contribution >= 0.6 is 0 Å². The number of carbonyl (C=O) groups excluding carboxylic acids is 1. The van der Waals surface area contributed by atoms with Crippen molar-refractivity contribution >= 4 is 21.7 Å². The van der Waals surface area contributed by atoms with Gasteiger partial charge in [-0.3, -0.25) is 15.0 Å². The Bertz CT molecular complexity index is 1060. The first-order valence-corrected chi connectivity index (χ1v) is 10.8. The third-order valence-corrected chi connectivity index (χ3v) is 7.29. The highest BCUT2D eigenvalue weighted by molar-refractivity contribution is 7.89. The number of hydrogen-bond acceptors (Lipinski definition) is 8. The molecule has 3 rings (SSSR count). The molecule has 30 heavy (non-hydrogen) atoms. The van der Waals surface area contributed by atoms with Crippen molar-refractivity contribution < 1.29 is 27.3 Å². The molecule has 0 unspecified atom stereocenters. The van der Waals surface area contributed by atoms with Gasteiger partial charge in [-0.1, -0.05) is 6.07 Å². The molecule has 1 aliphatic heterocycles. The Morgan fingerprint density at radius 3 is 2.47 bits per heavy atom. The zero-order chi connectivity index (χ0) is 22.1. The quantitative estimate of drug-likeness (QED) is 0.383. The van der Waals surface area contributed by atoms with Gasteiger partial charge in [0, 0.05) is 38.3 Å². The van der Waals surface area contributed by atoms with E-state index in [1.54, 1.807) is 19.1 Å². The molecule has 0 radical (unpaired) electrons. The molecule has 1 saturated heterocycles. The summed E-state index contributed by atoms with van der Waals surface area (Å²) in [6.45, 7) is 4.89. The van der Waals surface area contributed by atoms with Gasteiger partial charge in [0.15, 0.2) is 0 Å². The topological polar surface area (TPSA) is 123 Å². The van der Waals surface area contributed by atoms with Gasteiger partial charge < -0.3 is 9.15 Å². The Kier molecular flexibility index (Phi) is 6.25. The summed E-state index contributed by atoms with van der Waals surface area (Å²) >= 11 is 0. The monoisotopic (exact) mass is 437 g/mol. The first-order valence-electron chi connectivity index (χ1n) is 9.32. The molecule has 1 fully saturated rings. The van der Waals surface area contributed by atoms with Gasteiger partial charge in [0.25, 0.3) is 5.69 Å². The van der Waals surface area contributed by atoms with Crippen molar-refractivity contribution in [2.24, 2.45) is 0 Å². The van der Waals surface area contributed by atoms with Crippen molar-refractivity contribution in [2.45, 2.75) is 24.8 Å². The smallest absolute Gasteiger partial charge is 0.373 e. The molecule has 1 atom stereocenters. The number of carbonyl (C=O) groups is 1. The highest BCUT2D eigenvalue weighted by Gasteiger charge is 2.33. The molecule has 0 N–H and O–H groups in total. The van der Waals surface area contributed by atoms with Gasteiger partial charge in [-0.15, -0.1) is 0 Å². The molecule has 11 heteroatoms. The molecule has 0 aliphatic carbocycles. The number of piperazine rings is 1. The van der Waals surface area contributed by atoms with E-state index in [0.29, 0.717) is 24.4 Å². The summed E-state index contributed by atoms with van der Waals surface area (Å²) < 4.78 is 37.6. The predicted octanol–water partition coefficient (Wildman–Crippen LogP) is 2.35. The molecular formula is C19H23N3O7S. The number of benzene rings is 1. The van der Waals surface area contributed by atoms with Crippen LogP contribution in [0.3, 0.4) is 0 Å². The second kappa shape index (κ2) is 8.54. The minimum absolute atomic E-state index is 0.0491. The Hall–Kier alpha value is -2.76. The first kappa shape index (κ1) is 21.9. The van der Waals surface area contributed by atoms with E-state index < -0.39 is 20.9 Å². The predicted molar refractivity (Wildman–Crippen MR) is 107 cm³/mol. The molecule has 1 aromatic carbocycles. The van der Waals surface area contributed by atoms with E-state index in [1.165, 1.54) is 23.5 Å². The summed E-state index contributed by atoms with van der Waals surface area (Å²) in [7, 11) is -2.58. The van der Waals surface area contributed by atoms with Crippen molar-refractivity contribution in [1.29, 1.82) is 0 Å². The number of nitro benzene ring substituents is 1. The third-order valence-electron chi connectivity index (χ3n) is 5.25. The zero-order valence-corrected chi connectivity index (χ0v) is 17.7. The van der Waals surface area contributed by atoms with Crippen molar-refractivity contribution in [3.63, 3.8) is 0 Å². The fourth-order valence-electron chi connectivity index (χ4n) is 3.42. The summed E-state index contributed by atoms with van der Waals surface area (Å²) in [6.07, 6.45) is 0. The van der Waals surface area contributed by atoms with E-state index in [1.807, 2.05) is 11.8 Å². The number of ether oxygens (including phenoxy) is 1. The Morgan fingerprint density at radius 1 is 1.20 bits per heavy atom. The van der Waals surface area contributed by atoms with Crippen LogP contribution in [0.25, 0.3) is 0 Å². The van der Waals surface area contributed by atoms with Crippen LogP contribution in [-0.4, -0.2) is 61.8 Å². The number of nitrogens with zero attached hydrogens (tertiary/aromatic N) is 3. The number of hydrogen-bond donors (Lipinski definition) is 0. The number of nitro groups is 1. The summed E-state index contributed by atoms with van der Waals surface area (Å²) in [5.74, 6) is 0.139. The number of sulfonamides is 1. The lowest BCUT2D eigenvalue weighted by Crippen LogP contribution is -2.49. The highest BCUT2D eigenvalue weighted by Crippen LogP contribution is 2.28. The lowest BCUT2D eigenvalue weighted by atomic mass is 10.2. The van der Waals surface area contributed by atoms with Gasteiger partial charge in [0.2, 0.25) is 15.8 Å². The van der Waals surface area contributed by atoms with Crippen LogP contribution in [0.15, 0.2) is 39.6 Å². The third kappa shape index (κ3) is 4.23. The average Bonchev–Trinajstić information content (AvgIpc) is 3.23. The molecular weight excluding hydrogens is 414 g/mol. The van der Waals surface area contributed by atoms with E-state index in [4.69, 9.17) is 4.42 Å². The fourth-order valence-corrected chi connectivity index (χ4v) is 5.08. The molecule has 162 valence electrons. The summed E-state index contributed by atoms with van der Waals surface area (Å²) in [4.78, 5) is 24.0. The largest absolute Gasteiger partial charge is 0.463 e. The molecule has 0 saturated carbocycles. The van der Waals surface area contributed by atoms with Gasteiger partial charge in [-0.25, -0.2) is 13.2 Å². The molecule has 2 heterocycles. The maximum atomic E-state index is 13.1. The molecule has 0 spiro atoms. The molecule has 2 aromatic rings. The van der Waals surface area contributed by atoms with Gasteiger partial charge >= 0.3 is 5.97 Å². The summed E-state index contributed by atoms with van der Waals surface area (Å²) in [6, 6.07) is 6.93. The maximum absolute atomic E-state index is 13.1. The van der Waals surface area contributed by atoms with E-state index in [-0.39, 0.29) is 35.5 Å². The lowest BCUT2D eigenvalue weighted by molar-refractivity contribution is -0.385. The number of rotatable bonds is 6. The Labute approximate surface area is 174 Å². The van der Waals surface area contributed by atoms with Gasteiger partial charge in [0.05, 0.1) is 23.0 Å². The van der Waals surface area contributed by atoms with Crippen molar-refractivity contribution in [2.75, 3.05) is 33.3 Å². The minimum atomic E-state index is -3.86. The van der Waals surface area contributed by atoms with Crippen LogP contribution in [0.2, 0.25) is 0 Å². The number of non-ortho nitro benzene ring substituents is 1. The van der Waals surface area contributed by atoms with Gasteiger partial charge in [0.1, 0.15) is 5.76 Å². The van der Waals surface area contributed by atoms with Crippen molar-refractivity contribution in [1.82, 2.24) is 9.21 Å². The van der Waals surface area contributed by atoms with Crippen LogP contribution in [0.1, 0.15) is 34.8 Å². The molecule has 0 bridgehead atoms. The number of aryl methyl sites for hydroxylation is 1. The highest BCUT2D eigenvalue weighted by atomic mass is 32.2. The SMILES string of the molecule is COC(=O)c1ccc([C@@H](C)N2CCN(S(=O)(=O)c3cc([N+](=O)[O-])ccc3C)CC2)o1. The number of esters is 1. The zero-order valence-electron chi connectivity index (χ0n) is 16.9. The standard InChI is InChI=1S/C19H23N3O7S/c1-13-4-5-15(22(24)25)12-18(13)30(26,27)21-10-8-20(9-11-21)14(2)16-6-7-17(29-16)19(23)28-3/h4-7,12,14H,8-11H2,1-3H3/t14-/m1/s1. The normalized spacial score (nSPS) is 16.9. The van der Waals surface area contributed by atoms with E-state index in [2.05, 4.69) is 4.74 Å². The lowest BCUT2D eigenvalue weighted by Gasteiger charge is -2.36. The van der Waals surface area contributed by atoms with Crippen LogP contribution in [0, 0.1) is 17.0 Å². The first-order chi connectivity index (χ1) is 14.1. The van der Waals surface area contributed by atoms with Crippen LogP contribution in [-0.2, 0) is 14.8 Å². The molecule has 10 nitrogen and oxygen atoms in total. The van der Waals surface area contributed by atoms with Crippen LogP contribution in [0.5, 0.6) is 0 Å². The number of furan rings is 1. The minimum Gasteiger partial charge on any atom is -0.463 e. The number of methoxy groups -OCH3 is 1. The van der Waals surface area contributed by atoms with E-state index in [9.17, 15) is 23.3 Å². The molecule has 0 amide bonds. The second-order valence-electron chi connectivity index (χ2n) is 7.02. The van der Waals surface area contributed by atoms with Crippen molar-refractivity contribution in [3.8, 4) is 0 Å². The van der Waals surface area contributed by atoms with Gasteiger partial charge in [-0.05, 0) is 31.5 Å². The van der Waals surface area contributed by atoms with Crippen LogP contribution < -0.4 is 0 Å². The van der Waals surface area contributed by atoms with Crippen LogP contribution in [0.4, 0.5) is 5.69 Å². The van der Waals surface area contributed by atoms with Crippen molar-refractivity contribution in [3.05, 3.63) is 57.5 Å². The average molecular weight is 437 g/mol. The maximum Gasteiger partial charge on any atom is 0.373 e. The fraction of sp³-hybridized carbons (Fsp3) is 0.421. The van der Waals surface area contributed by atoms with E-state index in [0.717, 1.165) is 6.07 Å². The Balaban J connectivity index is 1.72. The molecule has 1 aliphatic rings. The van der Waals surface area contributed by atoms with E-state index >= 15 is 0 Å². The Morgan fingerprint density at radius 2 is 1.87 bits per heavy atom. The van der Waals surface area contributed by atoms with Gasteiger partial charge in [-0.2, -0.15) is 4.31 Å². The summed E-state index contributed by atoms with van der Waals surface area (Å²) in [5, 5.41) is 11.0.